The summed E-state index contributed by atoms with van der Waals surface area (Å²) in [6, 6.07) is 18.0. The summed E-state index contributed by atoms with van der Waals surface area (Å²) in [6.45, 7) is 2.03. The van der Waals surface area contributed by atoms with Gasteiger partial charge in [-0.3, -0.25) is 9.59 Å². The van der Waals surface area contributed by atoms with Gasteiger partial charge in [-0.2, -0.15) is 10.2 Å². The Morgan fingerprint density at radius 3 is 2.45 bits per heavy atom. The molecular weight excluding hydrogens is 386 g/mol. The summed E-state index contributed by atoms with van der Waals surface area (Å²) >= 11 is 1.20. The SMILES string of the molecule is CCCc1cc(=O)[nH]c(SCC(=O)Nc2ccc(N=Nc3ccccc3)cc2)n1. The van der Waals surface area contributed by atoms with Gasteiger partial charge in [0, 0.05) is 17.4 Å². The minimum atomic E-state index is -0.202. The van der Waals surface area contributed by atoms with Gasteiger partial charge in [0.25, 0.3) is 5.56 Å². The zero-order valence-corrected chi connectivity index (χ0v) is 16.8. The second kappa shape index (κ2) is 10.3. The molecule has 0 bridgehead atoms. The number of carbonyl (C=O) groups excluding carboxylic acids is 1. The molecule has 2 aromatic carbocycles. The van der Waals surface area contributed by atoms with Crippen LogP contribution in [0, 0.1) is 0 Å². The third-order valence-electron chi connectivity index (χ3n) is 3.81. The van der Waals surface area contributed by atoms with Gasteiger partial charge >= 0.3 is 0 Å². The van der Waals surface area contributed by atoms with Gasteiger partial charge in [-0.15, -0.1) is 0 Å². The minimum absolute atomic E-state index is 0.147. The summed E-state index contributed by atoms with van der Waals surface area (Å²) < 4.78 is 0. The number of hydrogen-bond acceptors (Lipinski definition) is 6. The quantitative estimate of drug-likeness (QED) is 0.316. The van der Waals surface area contributed by atoms with Crippen molar-refractivity contribution in [2.24, 2.45) is 10.2 Å². The number of aromatic amines is 1. The van der Waals surface area contributed by atoms with E-state index in [4.69, 9.17) is 0 Å². The first-order chi connectivity index (χ1) is 14.1. The molecule has 0 fully saturated rings. The van der Waals surface area contributed by atoms with Crippen molar-refractivity contribution in [3.05, 3.63) is 76.7 Å². The smallest absolute Gasteiger partial charge is 0.251 e. The monoisotopic (exact) mass is 407 g/mol. The maximum absolute atomic E-state index is 12.2. The van der Waals surface area contributed by atoms with Crippen LogP contribution in [0.2, 0.25) is 0 Å². The molecule has 8 heteroatoms. The third kappa shape index (κ3) is 6.69. The number of amides is 1. The fourth-order valence-corrected chi connectivity index (χ4v) is 3.18. The van der Waals surface area contributed by atoms with E-state index in [2.05, 4.69) is 25.5 Å². The average molecular weight is 407 g/mol. The van der Waals surface area contributed by atoms with E-state index in [-0.39, 0.29) is 17.2 Å². The van der Waals surface area contributed by atoms with Crippen LogP contribution in [-0.4, -0.2) is 21.6 Å². The highest BCUT2D eigenvalue weighted by Crippen LogP contribution is 2.20. The number of aryl methyl sites for hydroxylation is 1. The van der Waals surface area contributed by atoms with E-state index in [0.29, 0.717) is 16.5 Å². The van der Waals surface area contributed by atoms with Crippen LogP contribution in [0.5, 0.6) is 0 Å². The Morgan fingerprint density at radius 2 is 1.76 bits per heavy atom. The Labute approximate surface area is 172 Å². The molecule has 0 saturated carbocycles. The minimum Gasteiger partial charge on any atom is -0.325 e. The molecule has 0 aliphatic heterocycles. The first-order valence-electron chi connectivity index (χ1n) is 9.22. The zero-order chi connectivity index (χ0) is 20.5. The lowest BCUT2D eigenvalue weighted by Gasteiger charge is -2.06. The van der Waals surface area contributed by atoms with Crippen molar-refractivity contribution < 1.29 is 4.79 Å². The molecular formula is C21H21N5O2S. The number of azo groups is 1. The number of hydrogen-bond donors (Lipinski definition) is 2. The number of carbonyl (C=O) groups is 1. The van der Waals surface area contributed by atoms with Crippen molar-refractivity contribution in [3.8, 4) is 0 Å². The highest BCUT2D eigenvalue weighted by molar-refractivity contribution is 7.99. The first-order valence-corrected chi connectivity index (χ1v) is 10.2. The molecule has 1 heterocycles. The van der Waals surface area contributed by atoms with Crippen LogP contribution in [0.15, 0.2) is 80.8 Å². The molecule has 0 saturated heterocycles. The molecule has 0 atom stereocenters. The number of aromatic nitrogens is 2. The second-order valence-electron chi connectivity index (χ2n) is 6.21. The normalized spacial score (nSPS) is 10.9. The second-order valence-corrected chi connectivity index (χ2v) is 7.18. The standard InChI is InChI=1S/C21H21N5O2S/c1-2-6-18-13-19(27)24-21(23-18)29-14-20(28)22-15-9-11-17(12-10-15)26-25-16-7-4-3-5-8-16/h3-5,7-13H,2,6,14H2,1H3,(H,22,28)(H,23,24,27). The predicted molar refractivity (Wildman–Crippen MR) is 115 cm³/mol. The molecule has 3 aromatic rings. The largest absolute Gasteiger partial charge is 0.325 e. The van der Waals surface area contributed by atoms with Gasteiger partial charge in [-0.25, -0.2) is 4.98 Å². The lowest BCUT2D eigenvalue weighted by molar-refractivity contribution is -0.113. The Kier molecular flexibility index (Phi) is 7.29. The number of thioether (sulfide) groups is 1. The predicted octanol–water partition coefficient (Wildman–Crippen LogP) is 4.87. The lowest BCUT2D eigenvalue weighted by atomic mass is 10.2. The molecule has 7 nitrogen and oxygen atoms in total. The number of H-pyrrole nitrogens is 1. The van der Waals surface area contributed by atoms with Crippen LogP contribution in [0.1, 0.15) is 19.0 Å². The van der Waals surface area contributed by atoms with Gasteiger partial charge < -0.3 is 10.3 Å². The van der Waals surface area contributed by atoms with Gasteiger partial charge in [0.2, 0.25) is 5.91 Å². The zero-order valence-electron chi connectivity index (χ0n) is 16.0. The molecule has 3 rings (SSSR count). The fraction of sp³-hybridized carbons (Fsp3) is 0.190. The molecule has 0 spiro atoms. The molecule has 29 heavy (non-hydrogen) atoms. The number of nitrogens with zero attached hydrogens (tertiary/aromatic N) is 3. The molecule has 0 radical (unpaired) electrons. The topological polar surface area (TPSA) is 99.6 Å². The van der Waals surface area contributed by atoms with Crippen LogP contribution in [0.4, 0.5) is 17.1 Å². The van der Waals surface area contributed by atoms with E-state index in [1.54, 1.807) is 24.3 Å². The van der Waals surface area contributed by atoms with Crippen LogP contribution >= 0.6 is 11.8 Å². The Morgan fingerprint density at radius 1 is 1.07 bits per heavy atom. The number of benzene rings is 2. The van der Waals surface area contributed by atoms with Crippen molar-refractivity contribution in [1.29, 1.82) is 0 Å². The average Bonchev–Trinajstić information content (AvgIpc) is 2.72. The van der Waals surface area contributed by atoms with Crippen molar-refractivity contribution in [3.63, 3.8) is 0 Å². The fourth-order valence-electron chi connectivity index (χ4n) is 2.49. The van der Waals surface area contributed by atoms with Crippen LogP contribution in [0.25, 0.3) is 0 Å². The summed E-state index contributed by atoms with van der Waals surface area (Å²) in [4.78, 5) is 30.9. The molecule has 0 unspecified atom stereocenters. The van der Waals surface area contributed by atoms with E-state index in [0.717, 1.165) is 24.2 Å². The maximum Gasteiger partial charge on any atom is 0.251 e. The summed E-state index contributed by atoms with van der Waals surface area (Å²) in [5.74, 6) is -0.0363. The molecule has 0 aliphatic rings. The highest BCUT2D eigenvalue weighted by atomic mass is 32.2. The van der Waals surface area contributed by atoms with Crippen molar-refractivity contribution in [1.82, 2.24) is 9.97 Å². The molecule has 1 aromatic heterocycles. The van der Waals surface area contributed by atoms with Gasteiger partial charge in [-0.1, -0.05) is 43.3 Å². The van der Waals surface area contributed by atoms with Gasteiger partial charge in [0.1, 0.15) is 0 Å². The Bertz CT molecular complexity index is 1030. The summed E-state index contributed by atoms with van der Waals surface area (Å²) in [6.07, 6.45) is 1.64. The lowest BCUT2D eigenvalue weighted by Crippen LogP contribution is -2.15. The maximum atomic E-state index is 12.2. The summed E-state index contributed by atoms with van der Waals surface area (Å²) in [5.41, 5.74) is 2.66. The van der Waals surface area contributed by atoms with E-state index >= 15 is 0 Å². The van der Waals surface area contributed by atoms with Crippen molar-refractivity contribution in [2.75, 3.05) is 11.1 Å². The van der Waals surface area contributed by atoms with E-state index in [1.165, 1.54) is 17.8 Å². The van der Waals surface area contributed by atoms with Gasteiger partial charge in [0.15, 0.2) is 5.16 Å². The van der Waals surface area contributed by atoms with Crippen LogP contribution in [-0.2, 0) is 11.2 Å². The summed E-state index contributed by atoms with van der Waals surface area (Å²) in [7, 11) is 0. The molecule has 1 amide bonds. The first kappa shape index (κ1) is 20.5. The number of nitrogens with one attached hydrogen (secondary N) is 2. The Hall–Kier alpha value is -3.26. The number of rotatable bonds is 8. The molecule has 2 N–H and O–H groups in total. The molecule has 0 aliphatic carbocycles. The third-order valence-corrected chi connectivity index (χ3v) is 4.68. The summed E-state index contributed by atoms with van der Waals surface area (Å²) in [5, 5.41) is 11.6. The Balaban J connectivity index is 1.53. The van der Waals surface area contributed by atoms with Gasteiger partial charge in [0.05, 0.1) is 17.1 Å². The van der Waals surface area contributed by atoms with Crippen LogP contribution < -0.4 is 10.9 Å². The van der Waals surface area contributed by atoms with Crippen molar-refractivity contribution in [2.45, 2.75) is 24.9 Å². The number of anilines is 1. The van der Waals surface area contributed by atoms with E-state index < -0.39 is 0 Å². The van der Waals surface area contributed by atoms with E-state index in [9.17, 15) is 9.59 Å². The highest BCUT2D eigenvalue weighted by Gasteiger charge is 2.07. The van der Waals surface area contributed by atoms with Crippen LogP contribution in [0.3, 0.4) is 0 Å². The molecule has 148 valence electrons. The van der Waals surface area contributed by atoms with Gasteiger partial charge in [-0.05, 0) is 42.8 Å². The van der Waals surface area contributed by atoms with Crippen molar-refractivity contribution >= 4 is 34.7 Å². The van der Waals surface area contributed by atoms with E-state index in [1.807, 2.05) is 37.3 Å².